The zero-order chi connectivity index (χ0) is 31.3. The van der Waals surface area contributed by atoms with E-state index >= 15 is 0 Å². The van der Waals surface area contributed by atoms with Gasteiger partial charge in [-0.05, 0) is 54.8 Å². The van der Waals surface area contributed by atoms with Crippen molar-refractivity contribution in [3.8, 4) is 11.5 Å². The number of urea groups is 1. The van der Waals surface area contributed by atoms with E-state index in [1.165, 1.54) is 6.92 Å². The van der Waals surface area contributed by atoms with E-state index in [0.717, 1.165) is 34.9 Å². The van der Waals surface area contributed by atoms with Crippen molar-refractivity contribution in [2.45, 2.75) is 45.7 Å². The summed E-state index contributed by atoms with van der Waals surface area (Å²) in [4.78, 5) is 42.9. The van der Waals surface area contributed by atoms with E-state index in [2.05, 4.69) is 27.9 Å². The van der Waals surface area contributed by atoms with Gasteiger partial charge in [0.2, 0.25) is 5.91 Å². The molecule has 0 saturated carbocycles. The number of ether oxygens (including phenoxy) is 2. The molecule has 0 fully saturated rings. The summed E-state index contributed by atoms with van der Waals surface area (Å²) in [6.45, 7) is 4.63. The molecule has 3 aromatic carbocycles. The van der Waals surface area contributed by atoms with Crippen LogP contribution in [-0.2, 0) is 22.6 Å². The standard InChI is InChI=1S/C34H41N5O5/c1-4-5-18-35-34(42)38-27-14-16-29(17-15-27)44-23-33(41)37-28(19-26-20-36-31-12-8-7-11-30(26)31)22-39(24(2)40)21-25-10-6-9-13-32(25)43-3/h6-17,20,28,36H,4-5,18-19,21-23H2,1-3H3,(H,37,41)(H2,35,38,42). The summed E-state index contributed by atoms with van der Waals surface area (Å²) in [6, 6.07) is 21.7. The highest BCUT2D eigenvalue weighted by molar-refractivity contribution is 5.89. The Kier molecular flexibility index (Phi) is 11.6. The molecule has 0 bridgehead atoms. The Morgan fingerprint density at radius 1 is 0.955 bits per heavy atom. The minimum atomic E-state index is -0.387. The van der Waals surface area contributed by atoms with Crippen molar-refractivity contribution in [2.75, 3.05) is 32.1 Å². The average molecular weight is 600 g/mol. The van der Waals surface area contributed by atoms with E-state index in [9.17, 15) is 14.4 Å². The number of methoxy groups -OCH3 is 1. The Morgan fingerprint density at radius 2 is 1.70 bits per heavy atom. The molecule has 4 aromatic rings. The van der Waals surface area contributed by atoms with E-state index in [1.54, 1.807) is 36.3 Å². The number of nitrogens with zero attached hydrogens (tertiary/aromatic N) is 1. The maximum absolute atomic E-state index is 13.1. The summed E-state index contributed by atoms with van der Waals surface area (Å²) in [5.41, 5.74) is 3.54. The van der Waals surface area contributed by atoms with Crippen molar-refractivity contribution in [3.05, 3.63) is 90.1 Å². The van der Waals surface area contributed by atoms with Gasteiger partial charge in [0.05, 0.1) is 13.2 Å². The SMILES string of the molecule is CCCCNC(=O)Nc1ccc(OCC(=O)NC(Cc2c[nH]c3ccccc23)CN(Cc2ccccc2OC)C(C)=O)cc1. The van der Waals surface area contributed by atoms with Crippen molar-refractivity contribution in [1.82, 2.24) is 20.5 Å². The first-order valence-electron chi connectivity index (χ1n) is 14.9. The number of aromatic nitrogens is 1. The van der Waals surface area contributed by atoms with Gasteiger partial charge in [0, 0.05) is 54.9 Å². The molecule has 0 aliphatic rings. The number of carbonyl (C=O) groups excluding carboxylic acids is 3. The van der Waals surface area contributed by atoms with Crippen LogP contribution in [0.5, 0.6) is 11.5 Å². The normalized spacial score (nSPS) is 11.4. The third kappa shape index (κ3) is 9.26. The van der Waals surface area contributed by atoms with E-state index in [0.29, 0.717) is 43.2 Å². The number of hydrogen-bond acceptors (Lipinski definition) is 5. The number of aromatic amines is 1. The third-order valence-corrected chi connectivity index (χ3v) is 7.24. The van der Waals surface area contributed by atoms with Crippen LogP contribution in [0.2, 0.25) is 0 Å². The number of rotatable bonds is 15. The molecule has 1 heterocycles. The van der Waals surface area contributed by atoms with Crippen molar-refractivity contribution >= 4 is 34.4 Å². The molecule has 10 heteroatoms. The third-order valence-electron chi connectivity index (χ3n) is 7.24. The summed E-state index contributed by atoms with van der Waals surface area (Å²) in [5, 5.41) is 9.73. The lowest BCUT2D eigenvalue weighted by atomic mass is 10.0. The Balaban J connectivity index is 1.41. The zero-order valence-electron chi connectivity index (χ0n) is 25.5. The number of nitrogens with one attached hydrogen (secondary N) is 4. The summed E-state index contributed by atoms with van der Waals surface area (Å²) >= 11 is 0. The molecule has 232 valence electrons. The average Bonchev–Trinajstić information content (AvgIpc) is 3.43. The number of benzene rings is 3. The number of amides is 4. The van der Waals surface area contributed by atoms with Crippen molar-refractivity contribution in [3.63, 3.8) is 0 Å². The van der Waals surface area contributed by atoms with Crippen LogP contribution >= 0.6 is 0 Å². The lowest BCUT2D eigenvalue weighted by Gasteiger charge is -2.28. The maximum atomic E-state index is 13.1. The number of para-hydroxylation sites is 2. The van der Waals surface area contributed by atoms with Crippen LogP contribution in [0.15, 0.2) is 79.0 Å². The second-order valence-corrected chi connectivity index (χ2v) is 10.6. The molecular formula is C34H41N5O5. The highest BCUT2D eigenvalue weighted by atomic mass is 16.5. The molecule has 1 unspecified atom stereocenters. The second-order valence-electron chi connectivity index (χ2n) is 10.6. The predicted octanol–water partition coefficient (Wildman–Crippen LogP) is 5.25. The van der Waals surface area contributed by atoms with Crippen molar-refractivity contribution in [2.24, 2.45) is 0 Å². The van der Waals surface area contributed by atoms with Crippen LogP contribution in [0, 0.1) is 0 Å². The minimum absolute atomic E-state index is 0.113. The fourth-order valence-corrected chi connectivity index (χ4v) is 4.94. The van der Waals surface area contributed by atoms with Gasteiger partial charge in [-0.25, -0.2) is 4.79 Å². The van der Waals surface area contributed by atoms with Crippen LogP contribution in [0.4, 0.5) is 10.5 Å². The largest absolute Gasteiger partial charge is 0.496 e. The molecule has 4 N–H and O–H groups in total. The van der Waals surface area contributed by atoms with Crippen molar-refractivity contribution < 1.29 is 23.9 Å². The van der Waals surface area contributed by atoms with Crippen LogP contribution in [-0.4, -0.2) is 60.6 Å². The van der Waals surface area contributed by atoms with Gasteiger partial charge in [0.15, 0.2) is 6.61 Å². The number of unbranched alkanes of at least 4 members (excludes halogenated alkanes) is 1. The lowest BCUT2D eigenvalue weighted by molar-refractivity contribution is -0.131. The number of H-pyrrole nitrogens is 1. The van der Waals surface area contributed by atoms with E-state index in [-0.39, 0.29) is 30.5 Å². The van der Waals surface area contributed by atoms with Gasteiger partial charge in [0.25, 0.3) is 5.91 Å². The van der Waals surface area contributed by atoms with Gasteiger partial charge >= 0.3 is 6.03 Å². The smallest absolute Gasteiger partial charge is 0.319 e. The molecular weight excluding hydrogens is 558 g/mol. The Hall–Kier alpha value is -4.99. The molecule has 0 spiro atoms. The fraction of sp³-hybridized carbons (Fsp3) is 0.324. The van der Waals surface area contributed by atoms with Gasteiger partial charge in [0.1, 0.15) is 11.5 Å². The summed E-state index contributed by atoms with van der Waals surface area (Å²) in [7, 11) is 1.60. The number of fused-ring (bicyclic) bond motifs is 1. The molecule has 1 atom stereocenters. The van der Waals surface area contributed by atoms with Gasteiger partial charge in [-0.2, -0.15) is 0 Å². The fourth-order valence-electron chi connectivity index (χ4n) is 4.94. The Bertz CT molecular complexity index is 1530. The summed E-state index contributed by atoms with van der Waals surface area (Å²) < 4.78 is 11.2. The first-order valence-corrected chi connectivity index (χ1v) is 14.9. The monoisotopic (exact) mass is 599 g/mol. The highest BCUT2D eigenvalue weighted by Gasteiger charge is 2.22. The van der Waals surface area contributed by atoms with E-state index in [1.807, 2.05) is 54.7 Å². The molecule has 0 saturated heterocycles. The first kappa shape index (κ1) is 31.9. The Labute approximate surface area is 258 Å². The quantitative estimate of drug-likeness (QED) is 0.139. The van der Waals surface area contributed by atoms with Gasteiger partial charge in [-0.3, -0.25) is 9.59 Å². The lowest BCUT2D eigenvalue weighted by Crippen LogP contribution is -2.47. The van der Waals surface area contributed by atoms with E-state index in [4.69, 9.17) is 9.47 Å². The Morgan fingerprint density at radius 3 is 2.45 bits per heavy atom. The molecule has 4 amide bonds. The second kappa shape index (κ2) is 16.0. The van der Waals surface area contributed by atoms with Gasteiger partial charge in [-0.1, -0.05) is 49.7 Å². The van der Waals surface area contributed by atoms with Crippen LogP contribution in [0.25, 0.3) is 10.9 Å². The number of carbonyl (C=O) groups is 3. The molecule has 0 radical (unpaired) electrons. The maximum Gasteiger partial charge on any atom is 0.319 e. The number of anilines is 1. The molecule has 10 nitrogen and oxygen atoms in total. The molecule has 0 aliphatic heterocycles. The van der Waals surface area contributed by atoms with Gasteiger partial charge in [-0.15, -0.1) is 0 Å². The zero-order valence-corrected chi connectivity index (χ0v) is 25.5. The van der Waals surface area contributed by atoms with Crippen molar-refractivity contribution in [1.29, 1.82) is 0 Å². The molecule has 1 aromatic heterocycles. The van der Waals surface area contributed by atoms with Crippen LogP contribution in [0.3, 0.4) is 0 Å². The van der Waals surface area contributed by atoms with E-state index < -0.39 is 0 Å². The summed E-state index contributed by atoms with van der Waals surface area (Å²) in [5.74, 6) is 0.765. The van der Waals surface area contributed by atoms with Gasteiger partial charge < -0.3 is 35.3 Å². The summed E-state index contributed by atoms with van der Waals surface area (Å²) in [6.07, 6.45) is 4.37. The molecule has 0 aliphatic carbocycles. The first-order chi connectivity index (χ1) is 21.4. The topological polar surface area (TPSA) is 125 Å². The number of hydrogen-bond donors (Lipinski definition) is 4. The minimum Gasteiger partial charge on any atom is -0.496 e. The molecule has 44 heavy (non-hydrogen) atoms. The molecule has 4 rings (SSSR count). The van der Waals surface area contributed by atoms with Crippen LogP contribution < -0.4 is 25.4 Å². The highest BCUT2D eigenvalue weighted by Crippen LogP contribution is 2.22. The van der Waals surface area contributed by atoms with Crippen LogP contribution in [0.1, 0.15) is 37.8 Å². The predicted molar refractivity (Wildman–Crippen MR) is 172 cm³/mol.